The van der Waals surface area contributed by atoms with Crippen molar-refractivity contribution in [2.24, 2.45) is 22.5 Å². The number of urea groups is 1. The van der Waals surface area contributed by atoms with Crippen LogP contribution in [0.2, 0.25) is 0 Å². The average molecular weight is 1640 g/mol. The first-order valence-corrected chi connectivity index (χ1v) is 40.0. The van der Waals surface area contributed by atoms with Crippen molar-refractivity contribution in [1.82, 2.24) is 40.6 Å². The number of likely N-dealkylation sites (N-methyl/N-ethyl adjacent to an activating group) is 2. The smallest absolute Gasteiger partial charge is 0.415 e. The summed E-state index contributed by atoms with van der Waals surface area (Å²) < 4.78 is 45.3. The van der Waals surface area contributed by atoms with E-state index in [0.717, 1.165) is 33.0 Å². The minimum atomic E-state index is -1.08. The van der Waals surface area contributed by atoms with Gasteiger partial charge in [0.2, 0.25) is 41.4 Å². The van der Waals surface area contributed by atoms with E-state index in [2.05, 4.69) is 41.3 Å². The quantitative estimate of drug-likeness (QED) is 0.00483. The van der Waals surface area contributed by atoms with Crippen LogP contribution >= 0.6 is 47.2 Å². The fourth-order valence-corrected chi connectivity index (χ4v) is 16.2. The average Bonchev–Trinajstić information content (AvgIpc) is 1.07. The maximum Gasteiger partial charge on any atom is 0.415 e. The molecule has 3 aliphatic carbocycles. The number of aromatic amines is 2. The first-order valence-electron chi connectivity index (χ1n) is 37.2. The molecular weight excluding hydrogens is 1540 g/mol. The largest absolute Gasteiger partial charge is 0.466 e. The third kappa shape index (κ3) is 20.7. The summed E-state index contributed by atoms with van der Waals surface area (Å²) in [6, 6.07) is 7.34. The van der Waals surface area contributed by atoms with Gasteiger partial charge in [-0.05, 0) is 115 Å². The summed E-state index contributed by atoms with van der Waals surface area (Å²) in [4.78, 5) is 140. The van der Waals surface area contributed by atoms with Crippen LogP contribution in [0.1, 0.15) is 98.4 Å². The first-order chi connectivity index (χ1) is 53.9. The van der Waals surface area contributed by atoms with Gasteiger partial charge in [-0.25, -0.2) is 14.8 Å². The molecule has 1 saturated heterocycles. The third-order valence-electron chi connectivity index (χ3n) is 20.8. The van der Waals surface area contributed by atoms with Crippen molar-refractivity contribution < 1.29 is 101 Å². The number of nitrogens with zero attached hydrogens (tertiary/aromatic N) is 5. The number of rotatable bonds is 45. The van der Waals surface area contributed by atoms with Gasteiger partial charge in [-0.3, -0.25) is 38.5 Å². The number of carbonyl (C=O) groups excluding carboxylic acids is 9. The number of carbonyl (C=O) groups is 9. The second kappa shape index (κ2) is 40.2. The normalized spacial score (nSPS) is 19.3. The van der Waals surface area contributed by atoms with Gasteiger partial charge < -0.3 is 99.4 Å². The predicted octanol–water partition coefficient (Wildman–Crippen LogP) is 7.05. The van der Waals surface area contributed by atoms with E-state index in [4.69, 9.17) is 89.2 Å². The van der Waals surface area contributed by atoms with Crippen molar-refractivity contribution in [3.8, 4) is 11.5 Å². The molecule has 3 aliphatic heterocycles. The number of primary amides is 1. The molecule has 9 N–H and O–H groups in total. The summed E-state index contributed by atoms with van der Waals surface area (Å²) in [7, 11) is 3.32. The van der Waals surface area contributed by atoms with Gasteiger partial charge in [0, 0.05) is 129 Å². The number of amides is 10. The van der Waals surface area contributed by atoms with Gasteiger partial charge in [-0.2, -0.15) is 11.8 Å². The SMILES string of the molecule is CSC1CC(=O)N(CCOCCOCCOCCOCCOCCOCCC(=O)N[C@H](C(=O)N[C@@H](CCCNC(N)=O)C(=O)Nc2ccc(COC(=S)N(C)CCN(C)C(=O)Oc3cc4c(c5c(C)c[nH]c35)[C@H](CCl)CN4C(=O)C34CC(C(=O)N5C[C@@H](CCl)c6c5cc(OOOO)c5[nH]cc(C)c65)(C3)C4)cc2)C(C)C)C1=O. The van der Waals surface area contributed by atoms with Gasteiger partial charge in [0.1, 0.15) is 18.7 Å². The van der Waals surface area contributed by atoms with Crippen LogP contribution in [0.5, 0.6) is 11.5 Å². The van der Waals surface area contributed by atoms with E-state index in [1.807, 2.05) is 26.3 Å². The number of anilines is 3. The molecule has 112 heavy (non-hydrogen) atoms. The predicted molar refractivity (Wildman–Crippen MR) is 419 cm³/mol. The van der Waals surface area contributed by atoms with Crippen molar-refractivity contribution in [2.45, 2.75) is 108 Å². The molecule has 4 fully saturated rings. The van der Waals surface area contributed by atoms with Crippen molar-refractivity contribution in [2.75, 3.05) is 166 Å². The van der Waals surface area contributed by atoms with Gasteiger partial charge in [-0.1, -0.05) is 26.0 Å². The number of nitrogens with two attached hydrogens (primary N) is 1. The number of H-pyrrole nitrogens is 2. The molecule has 3 saturated carbocycles. The van der Waals surface area contributed by atoms with Crippen molar-refractivity contribution in [3.63, 3.8) is 0 Å². The maximum atomic E-state index is 15.0. The Balaban J connectivity index is 0.620. The van der Waals surface area contributed by atoms with Crippen LogP contribution < -0.4 is 46.4 Å². The number of hydrogen-bond acceptors (Lipinski definition) is 23. The molecule has 11 rings (SSSR count). The lowest BCUT2D eigenvalue weighted by molar-refractivity contribution is -0.593. The fraction of sp³-hybridized carbons (Fsp3) is 0.573. The highest BCUT2D eigenvalue weighted by atomic mass is 35.5. The third-order valence-corrected chi connectivity index (χ3v) is 22.9. The molecule has 612 valence electrons. The molecule has 5 atom stereocenters. The number of nitrogens with one attached hydrogen (secondary N) is 6. The molecular formula is C75H100Cl2N12O21S2. The van der Waals surface area contributed by atoms with Gasteiger partial charge in [-0.15, -0.1) is 23.2 Å². The minimum absolute atomic E-state index is 0.0433. The Kier molecular flexibility index (Phi) is 31.0. The zero-order valence-electron chi connectivity index (χ0n) is 63.9. The molecule has 1 unspecified atom stereocenters. The van der Waals surface area contributed by atoms with Crippen LogP contribution in [0.15, 0.2) is 48.8 Å². The number of likely N-dealkylation sites (tertiary alicyclic amines) is 1. The number of aromatic nitrogens is 2. The Morgan fingerprint density at radius 2 is 1.24 bits per heavy atom. The van der Waals surface area contributed by atoms with Gasteiger partial charge in [0.15, 0.2) is 11.5 Å². The Bertz CT molecular complexity index is 4170. The summed E-state index contributed by atoms with van der Waals surface area (Å²) in [5, 5.41) is 29.4. The molecule has 2 aromatic heterocycles. The highest BCUT2D eigenvalue weighted by Gasteiger charge is 2.76. The lowest BCUT2D eigenvalue weighted by atomic mass is 9.34. The van der Waals surface area contributed by atoms with Gasteiger partial charge >= 0.3 is 12.1 Å². The monoisotopic (exact) mass is 1640 g/mol. The van der Waals surface area contributed by atoms with Crippen molar-refractivity contribution >= 4 is 145 Å². The van der Waals surface area contributed by atoms with E-state index in [-0.39, 0.29) is 160 Å². The molecule has 0 spiro atoms. The molecule has 5 heterocycles. The second-order valence-electron chi connectivity index (χ2n) is 28.9. The van der Waals surface area contributed by atoms with Gasteiger partial charge in [0.05, 0.1) is 124 Å². The number of ether oxygens (including phenoxy) is 8. The van der Waals surface area contributed by atoms with Crippen LogP contribution in [0, 0.1) is 30.6 Å². The molecule has 10 amide bonds. The molecule has 33 nitrogen and oxygen atoms in total. The number of alkyl halides is 2. The fourth-order valence-electron chi connectivity index (χ4n) is 14.9. The summed E-state index contributed by atoms with van der Waals surface area (Å²) in [5.74, 6) is -2.06. The molecule has 37 heteroatoms. The molecule has 5 aromatic rings. The summed E-state index contributed by atoms with van der Waals surface area (Å²) in [5.41, 5.74) is 10.7. The number of fused-ring (bicyclic) bond motifs is 6. The topological polar surface area (TPSA) is 397 Å². The molecule has 0 radical (unpaired) electrons. The maximum absolute atomic E-state index is 15.0. The Morgan fingerprint density at radius 1 is 0.723 bits per heavy atom. The first kappa shape index (κ1) is 86.2. The lowest BCUT2D eigenvalue weighted by Gasteiger charge is -2.69. The van der Waals surface area contributed by atoms with E-state index in [1.165, 1.54) is 21.6 Å². The van der Waals surface area contributed by atoms with E-state index < -0.39 is 52.8 Å². The summed E-state index contributed by atoms with van der Waals surface area (Å²) in [6.45, 7) is 12.5. The summed E-state index contributed by atoms with van der Waals surface area (Å²) in [6.07, 6.45) is 6.38. The highest BCUT2D eigenvalue weighted by Crippen LogP contribution is 2.75. The van der Waals surface area contributed by atoms with Crippen LogP contribution in [-0.2, 0) is 83.4 Å². The van der Waals surface area contributed by atoms with Crippen LogP contribution in [0.25, 0.3) is 21.8 Å². The lowest BCUT2D eigenvalue weighted by Crippen LogP contribution is -2.73. The molecule has 2 bridgehead atoms. The van der Waals surface area contributed by atoms with Crippen molar-refractivity contribution in [1.29, 1.82) is 0 Å². The van der Waals surface area contributed by atoms with Crippen molar-refractivity contribution in [3.05, 3.63) is 76.6 Å². The van der Waals surface area contributed by atoms with E-state index >= 15 is 0 Å². The van der Waals surface area contributed by atoms with E-state index in [1.54, 1.807) is 85.2 Å². The van der Waals surface area contributed by atoms with Gasteiger partial charge in [0.25, 0.3) is 5.17 Å². The minimum Gasteiger partial charge on any atom is -0.466 e. The Labute approximate surface area is 667 Å². The number of benzene rings is 3. The zero-order chi connectivity index (χ0) is 80.4. The number of imide groups is 1. The Hall–Kier alpha value is -8.17. The number of thiocarbonyl (C=S) groups is 1. The molecule has 6 aliphatic rings. The highest BCUT2D eigenvalue weighted by molar-refractivity contribution is 8.00. The molecule has 3 aromatic carbocycles. The number of halogens is 2. The van der Waals surface area contributed by atoms with E-state index in [9.17, 15) is 43.2 Å². The summed E-state index contributed by atoms with van der Waals surface area (Å²) >= 11 is 20.3. The van der Waals surface area contributed by atoms with E-state index in [0.29, 0.717) is 119 Å². The van der Waals surface area contributed by atoms with Crippen LogP contribution in [0.3, 0.4) is 0 Å². The second-order valence-corrected chi connectivity index (χ2v) is 30.9. The van der Waals surface area contributed by atoms with Crippen LogP contribution in [-0.4, -0.2) is 257 Å². The number of aryl methyl sites for hydroxylation is 2. The van der Waals surface area contributed by atoms with Crippen LogP contribution in [0.4, 0.5) is 26.7 Å². The Morgan fingerprint density at radius 3 is 1.75 bits per heavy atom. The number of thioether (sulfide) groups is 1. The number of hydrogen-bond donors (Lipinski definition) is 8. The zero-order valence-corrected chi connectivity index (χ0v) is 67.0. The standard InChI is InChI=1S/C75H100Cl2N12O21S2/c1-44(2)63(84-57(90)14-19-100-21-23-102-25-27-104-29-30-105-28-26-103-24-22-101-20-18-87-58(91)33-56(112-7)68(87)94)67(93)83-51(9-8-15-79-71(78)97)66(92)82-50-12-10-47(11-13-50)40-106-73(111)86(6)17-16-85(5)72(98)107-54-31-52-61(59-45(3)36-80-64(54)59)48(34-76)38-88(52)69(95)74-41-75(42-74,43-74)70(96)89-39-49(35-77)62-53(89)32-55(108-110-109-99)65-60(62)46(4)37-81-65/h10-13,31-32,36-37,44,48-49,51,56,63,80-81,99H,8-9,14-30,33-35,38-43H2,1-7H3,(H,82,92)(H,83,93)(H,84,90)(H3,78,79,97)/t48-,49-,51+,56?,63+,74?,75?/m1/s1.